The van der Waals surface area contributed by atoms with Crippen LogP contribution in [0.25, 0.3) is 36.7 Å². The first kappa shape index (κ1) is 49.9. The summed E-state index contributed by atoms with van der Waals surface area (Å²) in [5.74, 6) is 1.92. The number of carbonyl (C=O) groups is 1. The summed E-state index contributed by atoms with van der Waals surface area (Å²) in [6.45, 7) is 11.4. The fourth-order valence-corrected chi connectivity index (χ4v) is 10.2. The molecule has 4 aromatic carbocycles. The second-order valence-corrected chi connectivity index (χ2v) is 19.0. The van der Waals surface area contributed by atoms with Crippen LogP contribution >= 0.6 is 22.7 Å². The molecule has 0 bridgehead atoms. The Balaban J connectivity index is 1.37. The van der Waals surface area contributed by atoms with Crippen LogP contribution in [0.1, 0.15) is 135 Å². The summed E-state index contributed by atoms with van der Waals surface area (Å²) in [5, 5.41) is 21.3. The summed E-state index contributed by atoms with van der Waals surface area (Å²) in [6.07, 6.45) is 19.4. The van der Waals surface area contributed by atoms with Gasteiger partial charge in [-0.15, -0.1) is 22.7 Å². The maximum Gasteiger partial charge on any atom is 0.346 e. The number of thiophene rings is 2. The monoisotopic (exact) mass is 928 g/mol. The van der Waals surface area contributed by atoms with E-state index in [1.54, 1.807) is 11.3 Å². The van der Waals surface area contributed by atoms with E-state index >= 15 is 0 Å². The molecule has 2 heterocycles. The van der Waals surface area contributed by atoms with Gasteiger partial charge in [-0.2, -0.15) is 5.26 Å². The summed E-state index contributed by atoms with van der Waals surface area (Å²) < 4.78 is 27.5. The lowest BCUT2D eigenvalue weighted by atomic mass is 10.1. The average Bonchev–Trinajstić information content (AvgIpc) is 3.97. The molecule has 0 amide bonds. The summed E-state index contributed by atoms with van der Waals surface area (Å²) >= 11 is 3.12. The third-order valence-corrected chi connectivity index (χ3v) is 13.9. The van der Waals surface area contributed by atoms with Crippen molar-refractivity contribution in [3.05, 3.63) is 95.4 Å². The van der Waals surface area contributed by atoms with Crippen molar-refractivity contribution in [1.82, 2.24) is 0 Å². The third kappa shape index (κ3) is 13.8. The Labute approximate surface area is 400 Å². The molecule has 0 radical (unpaired) electrons. The summed E-state index contributed by atoms with van der Waals surface area (Å²) in [4.78, 5) is 15.9. The summed E-state index contributed by atoms with van der Waals surface area (Å²) in [7, 11) is 0. The van der Waals surface area contributed by atoms with E-state index in [0.717, 1.165) is 129 Å². The molecule has 2 aromatic heterocycles. The molecule has 350 valence electrons. The number of rotatable bonds is 30. The number of nitriles is 1. The van der Waals surface area contributed by atoms with E-state index in [0.29, 0.717) is 37.1 Å². The van der Waals surface area contributed by atoms with E-state index in [2.05, 4.69) is 111 Å². The maximum atomic E-state index is 11.9. The second-order valence-electron chi connectivity index (χ2n) is 16.9. The predicted molar refractivity (Wildman–Crippen MR) is 277 cm³/mol. The van der Waals surface area contributed by atoms with E-state index in [1.165, 1.54) is 55.9 Å². The van der Waals surface area contributed by atoms with Gasteiger partial charge in [0.05, 0.1) is 35.8 Å². The van der Waals surface area contributed by atoms with Crippen LogP contribution in [0.2, 0.25) is 0 Å². The molecule has 0 spiro atoms. The van der Waals surface area contributed by atoms with Crippen LogP contribution in [0.3, 0.4) is 0 Å². The Morgan fingerprint density at radius 1 is 0.561 bits per heavy atom. The van der Waals surface area contributed by atoms with Crippen LogP contribution < -0.4 is 23.8 Å². The minimum Gasteiger partial charge on any atom is -0.494 e. The maximum absolute atomic E-state index is 11.9. The van der Waals surface area contributed by atoms with Crippen molar-refractivity contribution in [3.63, 3.8) is 0 Å². The van der Waals surface area contributed by atoms with Crippen LogP contribution in [-0.4, -0.2) is 37.5 Å². The van der Waals surface area contributed by atoms with Crippen molar-refractivity contribution < 1.29 is 28.8 Å². The molecule has 0 atom stereocenters. The Morgan fingerprint density at radius 3 is 1.39 bits per heavy atom. The highest BCUT2D eigenvalue weighted by Gasteiger charge is 2.24. The average molecular weight is 929 g/mol. The molecule has 0 aliphatic carbocycles. The van der Waals surface area contributed by atoms with E-state index in [-0.39, 0.29) is 5.57 Å². The topological polar surface area (TPSA) is 101 Å². The lowest BCUT2D eigenvalue weighted by Crippen LogP contribution is -2.10. The predicted octanol–water partition coefficient (Wildman–Crippen LogP) is 17.1. The normalized spacial score (nSPS) is 11.5. The van der Waals surface area contributed by atoms with E-state index in [1.807, 2.05) is 12.1 Å². The van der Waals surface area contributed by atoms with Gasteiger partial charge in [0.15, 0.2) is 11.5 Å². The van der Waals surface area contributed by atoms with E-state index in [4.69, 9.17) is 18.9 Å². The number of hydrogen-bond donors (Lipinski definition) is 1. The number of fused-ring (bicyclic) bond motifs is 3. The zero-order valence-corrected chi connectivity index (χ0v) is 41.1. The van der Waals surface area contributed by atoms with Crippen molar-refractivity contribution in [2.45, 2.75) is 130 Å². The molecule has 0 aliphatic rings. The van der Waals surface area contributed by atoms with Crippen LogP contribution in [0, 0.1) is 11.3 Å². The summed E-state index contributed by atoms with van der Waals surface area (Å²) in [6, 6.07) is 31.5. The minimum atomic E-state index is -1.25. The van der Waals surface area contributed by atoms with Gasteiger partial charge >= 0.3 is 5.97 Å². The van der Waals surface area contributed by atoms with Gasteiger partial charge in [0.1, 0.15) is 23.1 Å². The third-order valence-electron chi connectivity index (χ3n) is 11.7. The molecule has 0 aliphatic heterocycles. The zero-order chi connectivity index (χ0) is 46.5. The van der Waals surface area contributed by atoms with Gasteiger partial charge in [0.25, 0.3) is 0 Å². The lowest BCUT2D eigenvalue weighted by Gasteiger charge is -2.26. The first-order valence-electron chi connectivity index (χ1n) is 24.4. The number of anilines is 3. The number of hydrogen-bond acceptors (Lipinski definition) is 9. The second kappa shape index (κ2) is 26.6. The Hall–Kier alpha value is -5.50. The smallest absolute Gasteiger partial charge is 0.346 e. The molecular formula is C56H68N2O6S2. The molecule has 0 saturated carbocycles. The Bertz CT molecular complexity index is 2420. The first-order valence-corrected chi connectivity index (χ1v) is 26.0. The number of unbranched alkanes of at least 4 members (excludes halogenated alkanes) is 12. The molecule has 66 heavy (non-hydrogen) atoms. The molecule has 10 heteroatoms. The fourth-order valence-electron chi connectivity index (χ4n) is 7.95. The highest BCUT2D eigenvalue weighted by atomic mass is 32.1. The highest BCUT2D eigenvalue weighted by molar-refractivity contribution is 7.24. The van der Waals surface area contributed by atoms with Crippen LogP contribution in [0.5, 0.6) is 23.0 Å². The van der Waals surface area contributed by atoms with Gasteiger partial charge in [-0.3, -0.25) is 0 Å². The molecule has 1 N–H and O–H groups in total. The standard InChI is InChI=1S/C56H68N2O6S2/c1-5-9-13-17-33-61-46-29-25-44(26-30-46)58(45-27-31-47(32-28-45)62-34-18-14-10-6-2)43-23-21-41(22-24-43)51-39-50-49-38-48(37-42(40-57)56(59)60)65-54(49)52(63-35-19-15-11-7-3)53(55(50)66-51)64-36-20-16-12-8-4/h21-32,37-39H,5-20,33-36H2,1-4H3,(H,59,60)/b42-37-. The van der Waals surface area contributed by atoms with Crippen molar-refractivity contribution in [2.24, 2.45) is 0 Å². The van der Waals surface area contributed by atoms with Gasteiger partial charge in [-0.05, 0) is 110 Å². The molecule has 6 rings (SSSR count). The minimum absolute atomic E-state index is 0.309. The van der Waals surface area contributed by atoms with Gasteiger partial charge in [-0.25, -0.2) is 4.79 Å². The van der Waals surface area contributed by atoms with E-state index in [9.17, 15) is 15.2 Å². The Kier molecular flexibility index (Phi) is 20.1. The van der Waals surface area contributed by atoms with Crippen molar-refractivity contribution in [2.75, 3.05) is 31.3 Å². The Morgan fingerprint density at radius 2 is 0.970 bits per heavy atom. The van der Waals surface area contributed by atoms with Gasteiger partial charge in [-0.1, -0.05) is 117 Å². The van der Waals surface area contributed by atoms with Crippen LogP contribution in [0.4, 0.5) is 17.1 Å². The van der Waals surface area contributed by atoms with E-state index < -0.39 is 5.97 Å². The number of carboxylic acid groups (broad SMARTS) is 1. The van der Waals surface area contributed by atoms with Gasteiger partial charge in [0, 0.05) is 37.6 Å². The van der Waals surface area contributed by atoms with Crippen molar-refractivity contribution in [3.8, 4) is 39.5 Å². The SMILES string of the molecule is CCCCCCOc1ccc(N(c2ccc(OCCCCCC)cc2)c2ccc(-c3cc4c(s3)c(OCCCCCC)c(OCCCCCC)c3sc(/C=C(/C#N)C(=O)O)cc34)cc2)cc1. The number of ether oxygens (including phenoxy) is 4. The van der Waals surface area contributed by atoms with Crippen molar-refractivity contribution >= 4 is 72.0 Å². The summed E-state index contributed by atoms with van der Waals surface area (Å²) in [5.41, 5.74) is 3.81. The quantitative estimate of drug-likeness (QED) is 0.0271. The number of benzene rings is 4. The number of nitrogens with zero attached hydrogens (tertiary/aromatic N) is 2. The highest BCUT2D eigenvalue weighted by Crippen LogP contribution is 2.52. The van der Waals surface area contributed by atoms with Gasteiger partial charge in [0.2, 0.25) is 0 Å². The lowest BCUT2D eigenvalue weighted by molar-refractivity contribution is -0.132. The van der Waals surface area contributed by atoms with Gasteiger partial charge < -0.3 is 29.0 Å². The fraction of sp³-hybridized carbons (Fsp3) is 0.429. The number of carboxylic acids is 1. The number of aliphatic carboxylic acids is 1. The largest absolute Gasteiger partial charge is 0.494 e. The van der Waals surface area contributed by atoms with Crippen LogP contribution in [-0.2, 0) is 4.79 Å². The zero-order valence-electron chi connectivity index (χ0n) is 39.5. The molecule has 6 aromatic rings. The molecule has 0 fully saturated rings. The molecule has 0 saturated heterocycles. The first-order chi connectivity index (χ1) is 32.4. The molecule has 0 unspecified atom stereocenters. The van der Waals surface area contributed by atoms with Crippen molar-refractivity contribution in [1.29, 1.82) is 5.26 Å². The molecular weight excluding hydrogens is 861 g/mol. The van der Waals surface area contributed by atoms with Crippen LogP contribution in [0.15, 0.2) is 90.5 Å². The molecule has 8 nitrogen and oxygen atoms in total.